The van der Waals surface area contributed by atoms with Crippen LogP contribution >= 0.6 is 22.9 Å². The number of amides is 1. The summed E-state index contributed by atoms with van der Waals surface area (Å²) in [5, 5.41) is 2.75. The van der Waals surface area contributed by atoms with E-state index in [0.717, 1.165) is 24.9 Å². The molecule has 0 unspecified atom stereocenters. The molecule has 2 aromatic rings. The molecule has 2 heterocycles. The fraction of sp³-hybridized carbons (Fsp3) is 0.312. The van der Waals surface area contributed by atoms with Gasteiger partial charge in [0.1, 0.15) is 0 Å². The van der Waals surface area contributed by atoms with Gasteiger partial charge in [0.15, 0.2) is 0 Å². The summed E-state index contributed by atoms with van der Waals surface area (Å²) in [6.45, 7) is 0.853. The zero-order valence-corrected chi connectivity index (χ0v) is 12.7. The van der Waals surface area contributed by atoms with Crippen LogP contribution in [0.25, 0.3) is 0 Å². The van der Waals surface area contributed by atoms with Crippen molar-refractivity contribution in [2.45, 2.75) is 25.3 Å². The molecule has 0 N–H and O–H groups in total. The molecule has 1 amide bonds. The fourth-order valence-electron chi connectivity index (χ4n) is 2.75. The molecule has 0 radical (unpaired) electrons. The Labute approximate surface area is 128 Å². The Morgan fingerprint density at radius 1 is 1.30 bits per heavy atom. The maximum absolute atomic E-state index is 12.5. The molecule has 1 aliphatic heterocycles. The van der Waals surface area contributed by atoms with E-state index in [1.807, 2.05) is 29.2 Å². The first-order valence-electron chi connectivity index (χ1n) is 6.82. The van der Waals surface area contributed by atoms with Crippen molar-refractivity contribution in [1.29, 1.82) is 0 Å². The quantitative estimate of drug-likeness (QED) is 0.827. The Morgan fingerprint density at radius 3 is 2.90 bits per heavy atom. The number of carbonyl (C=O) groups excluding carboxylic acids is 1. The lowest BCUT2D eigenvalue weighted by atomic mass is 10.1. The Hall–Kier alpha value is -1.32. The number of carbonyl (C=O) groups is 1. The van der Waals surface area contributed by atoms with Gasteiger partial charge in [-0.25, -0.2) is 0 Å². The zero-order valence-electron chi connectivity index (χ0n) is 11.1. The topological polar surface area (TPSA) is 20.3 Å². The summed E-state index contributed by atoms with van der Waals surface area (Å²) in [5.74, 6) is 0.175. The number of hydrogen-bond acceptors (Lipinski definition) is 2. The molecule has 1 atom stereocenters. The Morgan fingerprint density at radius 2 is 2.15 bits per heavy atom. The molecule has 20 heavy (non-hydrogen) atoms. The Balaban J connectivity index is 1.75. The summed E-state index contributed by atoms with van der Waals surface area (Å²) in [7, 11) is 0. The number of thiophene rings is 1. The highest BCUT2D eigenvalue weighted by atomic mass is 35.5. The van der Waals surface area contributed by atoms with Crippen LogP contribution in [0.5, 0.6) is 0 Å². The third-order valence-corrected chi connectivity index (χ3v) is 5.09. The second kappa shape index (κ2) is 5.98. The second-order valence-electron chi connectivity index (χ2n) is 5.03. The van der Waals surface area contributed by atoms with Crippen molar-refractivity contribution in [3.8, 4) is 0 Å². The molecule has 1 saturated heterocycles. The van der Waals surface area contributed by atoms with Crippen LogP contribution in [-0.4, -0.2) is 17.4 Å². The minimum Gasteiger partial charge on any atom is -0.335 e. The van der Waals surface area contributed by atoms with Gasteiger partial charge in [0.2, 0.25) is 5.91 Å². The lowest BCUT2D eigenvalue weighted by molar-refractivity contribution is -0.131. The predicted molar refractivity (Wildman–Crippen MR) is 83.2 cm³/mol. The normalized spacial score (nSPS) is 18.4. The van der Waals surface area contributed by atoms with Crippen LogP contribution in [0.1, 0.15) is 29.3 Å². The van der Waals surface area contributed by atoms with E-state index in [0.29, 0.717) is 11.4 Å². The number of rotatable bonds is 3. The van der Waals surface area contributed by atoms with Crippen LogP contribution in [0.3, 0.4) is 0 Å². The second-order valence-corrected chi connectivity index (χ2v) is 6.42. The van der Waals surface area contributed by atoms with E-state index in [4.69, 9.17) is 11.6 Å². The molecule has 3 rings (SSSR count). The minimum atomic E-state index is 0.175. The molecular formula is C16H16ClNOS. The van der Waals surface area contributed by atoms with E-state index in [9.17, 15) is 4.79 Å². The molecular weight excluding hydrogens is 290 g/mol. The Bertz CT molecular complexity index is 596. The molecule has 0 spiro atoms. The average molecular weight is 306 g/mol. The van der Waals surface area contributed by atoms with Gasteiger partial charge in [-0.3, -0.25) is 4.79 Å². The van der Waals surface area contributed by atoms with Gasteiger partial charge in [-0.1, -0.05) is 35.9 Å². The van der Waals surface area contributed by atoms with E-state index in [1.165, 1.54) is 4.88 Å². The van der Waals surface area contributed by atoms with Crippen molar-refractivity contribution in [3.63, 3.8) is 0 Å². The molecule has 1 aromatic carbocycles. The maximum Gasteiger partial charge on any atom is 0.227 e. The van der Waals surface area contributed by atoms with Crippen molar-refractivity contribution < 1.29 is 4.79 Å². The summed E-state index contributed by atoms with van der Waals surface area (Å²) in [5.41, 5.74) is 0.913. The molecule has 1 fully saturated rings. The van der Waals surface area contributed by atoms with Crippen LogP contribution < -0.4 is 0 Å². The van der Waals surface area contributed by atoms with Crippen molar-refractivity contribution in [2.75, 3.05) is 6.54 Å². The summed E-state index contributed by atoms with van der Waals surface area (Å²) < 4.78 is 0. The zero-order chi connectivity index (χ0) is 13.9. The third kappa shape index (κ3) is 2.74. The number of benzene rings is 1. The van der Waals surface area contributed by atoms with Gasteiger partial charge >= 0.3 is 0 Å². The molecule has 104 valence electrons. The minimum absolute atomic E-state index is 0.175. The highest BCUT2D eigenvalue weighted by molar-refractivity contribution is 7.10. The third-order valence-electron chi connectivity index (χ3n) is 3.74. The van der Waals surface area contributed by atoms with E-state index in [1.54, 1.807) is 11.3 Å². The molecule has 0 saturated carbocycles. The summed E-state index contributed by atoms with van der Waals surface area (Å²) in [4.78, 5) is 15.8. The summed E-state index contributed by atoms with van der Waals surface area (Å²) in [6, 6.07) is 12.0. The molecule has 2 nitrogen and oxygen atoms in total. The van der Waals surface area contributed by atoms with Crippen molar-refractivity contribution in [2.24, 2.45) is 0 Å². The van der Waals surface area contributed by atoms with Crippen molar-refractivity contribution >= 4 is 28.8 Å². The van der Waals surface area contributed by atoms with Crippen LogP contribution in [0.2, 0.25) is 5.02 Å². The number of nitrogens with zero attached hydrogens (tertiary/aromatic N) is 1. The van der Waals surface area contributed by atoms with Crippen LogP contribution in [0.15, 0.2) is 41.8 Å². The first-order chi connectivity index (χ1) is 9.75. The largest absolute Gasteiger partial charge is 0.335 e. The van der Waals surface area contributed by atoms with Gasteiger partial charge < -0.3 is 4.90 Å². The SMILES string of the molecule is O=C(Cc1ccccc1Cl)N1CCC[C@H]1c1cccs1. The van der Waals surface area contributed by atoms with Crippen molar-refractivity contribution in [3.05, 3.63) is 57.2 Å². The highest BCUT2D eigenvalue weighted by Crippen LogP contribution is 2.35. The lowest BCUT2D eigenvalue weighted by Crippen LogP contribution is -2.31. The smallest absolute Gasteiger partial charge is 0.227 e. The van der Waals surface area contributed by atoms with E-state index in [-0.39, 0.29) is 11.9 Å². The first-order valence-corrected chi connectivity index (χ1v) is 8.08. The number of likely N-dealkylation sites (tertiary alicyclic amines) is 1. The van der Waals surface area contributed by atoms with E-state index >= 15 is 0 Å². The van der Waals surface area contributed by atoms with Gasteiger partial charge in [0.25, 0.3) is 0 Å². The standard InChI is InChI=1S/C16H16ClNOS/c17-13-6-2-1-5-12(13)11-16(19)18-9-3-7-14(18)15-8-4-10-20-15/h1-2,4-6,8,10,14H,3,7,9,11H2/t14-/m0/s1. The highest BCUT2D eigenvalue weighted by Gasteiger charge is 2.30. The van der Waals surface area contributed by atoms with Crippen molar-refractivity contribution in [1.82, 2.24) is 4.90 Å². The Kier molecular flexibility index (Phi) is 4.08. The fourth-order valence-corrected chi connectivity index (χ4v) is 3.82. The summed E-state index contributed by atoms with van der Waals surface area (Å²) >= 11 is 7.87. The van der Waals surface area contributed by atoms with Gasteiger partial charge in [-0.2, -0.15) is 0 Å². The van der Waals surface area contributed by atoms with Crippen LogP contribution in [0, 0.1) is 0 Å². The maximum atomic E-state index is 12.5. The van der Waals surface area contributed by atoms with Gasteiger partial charge in [-0.15, -0.1) is 11.3 Å². The predicted octanol–water partition coefficient (Wildman–Crippen LogP) is 4.31. The molecule has 1 aromatic heterocycles. The average Bonchev–Trinajstić information content (AvgIpc) is 3.11. The van der Waals surface area contributed by atoms with Crippen LogP contribution in [-0.2, 0) is 11.2 Å². The van der Waals surface area contributed by atoms with Gasteiger partial charge in [0.05, 0.1) is 12.5 Å². The number of halogens is 1. The molecule has 0 bridgehead atoms. The van der Waals surface area contributed by atoms with Crippen LogP contribution in [0.4, 0.5) is 0 Å². The lowest BCUT2D eigenvalue weighted by Gasteiger charge is -2.24. The molecule has 1 aliphatic rings. The van der Waals surface area contributed by atoms with E-state index < -0.39 is 0 Å². The number of hydrogen-bond donors (Lipinski definition) is 0. The van der Waals surface area contributed by atoms with Gasteiger partial charge in [0, 0.05) is 16.4 Å². The van der Waals surface area contributed by atoms with Gasteiger partial charge in [-0.05, 0) is 35.9 Å². The molecule has 0 aliphatic carbocycles. The van der Waals surface area contributed by atoms with E-state index in [2.05, 4.69) is 17.5 Å². The first kappa shape index (κ1) is 13.7. The summed E-state index contributed by atoms with van der Waals surface area (Å²) in [6.07, 6.45) is 2.53. The monoisotopic (exact) mass is 305 g/mol. The molecule has 4 heteroatoms.